The van der Waals surface area contributed by atoms with E-state index in [4.69, 9.17) is 18.9 Å². The first-order chi connectivity index (χ1) is 33.5. The largest absolute Gasteiger partial charge is 0.453 e. The van der Waals surface area contributed by atoms with Crippen LogP contribution in [0.1, 0.15) is 119 Å². The van der Waals surface area contributed by atoms with Crippen LogP contribution >= 0.6 is 0 Å². The molecule has 8 atom stereocenters. The second-order valence-electron chi connectivity index (χ2n) is 20.2. The van der Waals surface area contributed by atoms with Crippen molar-refractivity contribution in [2.75, 3.05) is 13.1 Å². The van der Waals surface area contributed by atoms with Crippen molar-refractivity contribution in [1.29, 1.82) is 0 Å². The summed E-state index contributed by atoms with van der Waals surface area (Å²) in [7, 11) is 0. The van der Waals surface area contributed by atoms with E-state index < -0.39 is 83.9 Å². The third-order valence-electron chi connectivity index (χ3n) is 12.4. The van der Waals surface area contributed by atoms with Crippen LogP contribution < -0.4 is 0 Å². The molecule has 2 heterocycles. The molecule has 0 saturated carbocycles. The first kappa shape index (κ1) is 51.3. The number of morpholine rings is 2. The zero-order valence-corrected chi connectivity index (χ0v) is 41.0. The van der Waals surface area contributed by atoms with E-state index in [1.54, 1.807) is 41.5 Å². The molecule has 13 nitrogen and oxygen atoms in total. The number of aliphatic hydroxyl groups excluding tert-OH is 2. The number of carbonyl (C=O) groups excluding carboxylic acids is 4. The van der Waals surface area contributed by atoms with Gasteiger partial charge in [0.1, 0.15) is 35.4 Å². The van der Waals surface area contributed by atoms with Gasteiger partial charge in [-0.15, -0.1) is 0 Å². The van der Waals surface area contributed by atoms with Crippen molar-refractivity contribution in [3.63, 3.8) is 0 Å². The van der Waals surface area contributed by atoms with Crippen LogP contribution in [0.5, 0.6) is 0 Å². The summed E-state index contributed by atoms with van der Waals surface area (Å²) in [5, 5.41) is 23.7. The number of ether oxygens (including phenoxy) is 4. The monoisotopic (exact) mass is 953 g/mol. The zero-order valence-electron chi connectivity index (χ0n) is 41.0. The SMILES string of the molecule is CC(C)(C)OC(=O)N1[C@H](CC[C@@H](O)CN(Cc2ccccc2)C[C@@H](O)CC[C@H]2C(=O)O[C@H](c3ccccc3)[C@H](c3ccccc3)N2C(=O)OC(C)(C)C)C(=O)O[C@H](c2ccccc2)[C@@H]1c1ccccc1. The minimum Gasteiger partial charge on any atom is -0.453 e. The van der Waals surface area contributed by atoms with Crippen LogP contribution in [0.3, 0.4) is 0 Å². The second kappa shape index (κ2) is 22.9. The van der Waals surface area contributed by atoms with Gasteiger partial charge in [-0.25, -0.2) is 19.2 Å². The Kier molecular flexibility index (Phi) is 16.8. The average Bonchev–Trinajstić information content (AvgIpc) is 3.32. The van der Waals surface area contributed by atoms with Gasteiger partial charge in [-0.1, -0.05) is 152 Å². The topological polar surface area (TPSA) is 155 Å². The highest BCUT2D eigenvalue weighted by Crippen LogP contribution is 2.45. The van der Waals surface area contributed by atoms with Gasteiger partial charge in [0.15, 0.2) is 12.2 Å². The summed E-state index contributed by atoms with van der Waals surface area (Å²) in [5.74, 6) is -1.22. The molecule has 0 radical (unpaired) electrons. The van der Waals surface area contributed by atoms with E-state index >= 15 is 0 Å². The Bertz CT molecular complexity index is 2310. The summed E-state index contributed by atoms with van der Waals surface area (Å²) < 4.78 is 24.4. The molecule has 70 heavy (non-hydrogen) atoms. The summed E-state index contributed by atoms with van der Waals surface area (Å²) in [5.41, 5.74) is 2.15. The van der Waals surface area contributed by atoms with Crippen molar-refractivity contribution in [2.24, 2.45) is 0 Å². The van der Waals surface area contributed by atoms with Crippen LogP contribution in [-0.4, -0.2) is 97.6 Å². The lowest BCUT2D eigenvalue weighted by Crippen LogP contribution is -2.55. The molecule has 2 N–H and O–H groups in total. The standard InChI is InChI=1S/C57H67N3O10/c1-56(2,3)69-54(65)59-46(52(63)67-50(42-28-18-10-19-29-42)48(59)40-24-14-8-15-25-40)34-32-44(61)37-58(36-39-22-12-7-13-23-39)38-45(62)33-35-47-53(64)68-51(43-30-20-11-21-31-43)49(41-26-16-9-17-27-41)60(47)55(66)70-57(4,5)6/h7-31,44-51,61-62H,32-38H2,1-6H3/t44-,45+,46-,47+,48-,49-,50+,51+/m0/s1. The molecule has 5 aromatic carbocycles. The summed E-state index contributed by atoms with van der Waals surface area (Å²) in [6.45, 7) is 11.2. The van der Waals surface area contributed by atoms with Crippen molar-refractivity contribution < 1.29 is 48.3 Å². The predicted molar refractivity (Wildman–Crippen MR) is 265 cm³/mol. The van der Waals surface area contributed by atoms with E-state index in [1.807, 2.05) is 157 Å². The van der Waals surface area contributed by atoms with Crippen LogP contribution in [0.2, 0.25) is 0 Å². The molecule has 2 fully saturated rings. The Hall–Kier alpha value is -6.54. The second-order valence-corrected chi connectivity index (χ2v) is 20.2. The summed E-state index contributed by atoms with van der Waals surface area (Å²) >= 11 is 0. The van der Waals surface area contributed by atoms with E-state index in [9.17, 15) is 29.4 Å². The van der Waals surface area contributed by atoms with Crippen LogP contribution in [0.15, 0.2) is 152 Å². The molecule has 0 aliphatic carbocycles. The molecule has 13 heteroatoms. The third kappa shape index (κ3) is 13.4. The predicted octanol–water partition coefficient (Wildman–Crippen LogP) is 10.1. The number of cyclic esters (lactones) is 2. The minimum absolute atomic E-state index is 0.0582. The van der Waals surface area contributed by atoms with Gasteiger partial charge in [-0.2, -0.15) is 0 Å². The molecular weight excluding hydrogens is 887 g/mol. The number of benzene rings is 5. The van der Waals surface area contributed by atoms with Crippen molar-refractivity contribution in [3.05, 3.63) is 179 Å². The maximum Gasteiger partial charge on any atom is 0.411 e. The summed E-state index contributed by atoms with van der Waals surface area (Å²) in [6.07, 6.45) is -4.71. The molecule has 2 saturated heterocycles. The maximum atomic E-state index is 14.3. The average molecular weight is 954 g/mol. The highest BCUT2D eigenvalue weighted by Gasteiger charge is 2.50. The highest BCUT2D eigenvalue weighted by atomic mass is 16.6. The van der Waals surface area contributed by atoms with Gasteiger partial charge >= 0.3 is 24.1 Å². The van der Waals surface area contributed by atoms with Crippen molar-refractivity contribution in [1.82, 2.24) is 14.7 Å². The Morgan fingerprint density at radius 3 is 1.17 bits per heavy atom. The molecule has 370 valence electrons. The van der Waals surface area contributed by atoms with Gasteiger partial charge in [0.05, 0.1) is 12.2 Å². The van der Waals surface area contributed by atoms with E-state index in [0.717, 1.165) is 27.8 Å². The maximum absolute atomic E-state index is 14.3. The van der Waals surface area contributed by atoms with Gasteiger partial charge in [0, 0.05) is 19.6 Å². The van der Waals surface area contributed by atoms with Gasteiger partial charge in [0.2, 0.25) is 0 Å². The number of carbonyl (C=O) groups is 4. The molecule has 0 spiro atoms. The normalized spacial score (nSPS) is 21.6. The van der Waals surface area contributed by atoms with Crippen molar-refractivity contribution in [2.45, 2.75) is 134 Å². The fourth-order valence-electron chi connectivity index (χ4n) is 9.35. The fraction of sp³-hybridized carbons (Fsp3) is 0.404. The summed E-state index contributed by atoms with van der Waals surface area (Å²) in [4.78, 5) is 61.8. The Morgan fingerprint density at radius 1 is 0.529 bits per heavy atom. The van der Waals surface area contributed by atoms with Crippen molar-refractivity contribution >= 4 is 24.1 Å². The number of esters is 2. The number of hydrogen-bond acceptors (Lipinski definition) is 11. The molecule has 7 rings (SSSR count). The quantitative estimate of drug-likeness (QED) is 0.0717. The molecular formula is C57H67N3O10. The molecule has 2 aliphatic rings. The molecule has 2 aliphatic heterocycles. The van der Waals surface area contributed by atoms with Gasteiger partial charge in [-0.05, 0) is 95.0 Å². The van der Waals surface area contributed by atoms with Crippen LogP contribution in [-0.2, 0) is 35.1 Å². The van der Waals surface area contributed by atoms with Gasteiger partial charge < -0.3 is 29.2 Å². The molecule has 5 aromatic rings. The van der Waals surface area contributed by atoms with Crippen LogP contribution in [0.25, 0.3) is 0 Å². The Labute approximate surface area is 411 Å². The molecule has 2 amide bonds. The van der Waals surface area contributed by atoms with Gasteiger partial charge in [0.25, 0.3) is 0 Å². The van der Waals surface area contributed by atoms with E-state index in [-0.39, 0.29) is 38.8 Å². The number of nitrogens with zero attached hydrogens (tertiary/aromatic N) is 3. The molecule has 0 bridgehead atoms. The smallest absolute Gasteiger partial charge is 0.411 e. The number of aliphatic hydroxyl groups is 2. The van der Waals surface area contributed by atoms with Crippen molar-refractivity contribution in [3.8, 4) is 0 Å². The fourth-order valence-corrected chi connectivity index (χ4v) is 9.35. The van der Waals surface area contributed by atoms with E-state index in [0.29, 0.717) is 6.54 Å². The lowest BCUT2D eigenvalue weighted by atomic mass is 9.90. The third-order valence-corrected chi connectivity index (χ3v) is 12.4. The van der Waals surface area contributed by atoms with E-state index in [2.05, 4.69) is 0 Å². The van der Waals surface area contributed by atoms with E-state index in [1.165, 1.54) is 9.80 Å². The number of rotatable bonds is 16. The van der Waals surface area contributed by atoms with Gasteiger partial charge in [-0.3, -0.25) is 14.7 Å². The Balaban J connectivity index is 1.10. The summed E-state index contributed by atoms with van der Waals surface area (Å²) in [6, 6.07) is 43.4. The van der Waals surface area contributed by atoms with Crippen LogP contribution in [0.4, 0.5) is 9.59 Å². The first-order valence-electron chi connectivity index (χ1n) is 24.2. The molecule has 0 unspecified atom stereocenters. The minimum atomic E-state index is -1.09. The Morgan fingerprint density at radius 2 is 0.843 bits per heavy atom. The lowest BCUT2D eigenvalue weighted by Gasteiger charge is -2.45. The molecule has 0 aromatic heterocycles. The first-order valence-corrected chi connectivity index (χ1v) is 24.2. The number of hydrogen-bond donors (Lipinski definition) is 2. The van der Waals surface area contributed by atoms with Crippen LogP contribution in [0, 0.1) is 0 Å². The number of amides is 2. The zero-order chi connectivity index (χ0) is 50.0. The lowest BCUT2D eigenvalue weighted by molar-refractivity contribution is -0.175. The highest BCUT2D eigenvalue weighted by molar-refractivity contribution is 5.84.